The molecule has 4 N–H and O–H groups in total. The van der Waals surface area contributed by atoms with Crippen LogP contribution in [0.15, 0.2) is 96.0 Å². The monoisotopic (exact) mass is 672 g/mol. The Labute approximate surface area is 282 Å². The molecule has 4 atom stereocenters. The number of likely N-dealkylation sites (tertiary alicyclic amines) is 1. The Bertz CT molecular complexity index is 1650. The molecule has 2 unspecified atom stereocenters. The van der Waals surface area contributed by atoms with E-state index in [1.54, 1.807) is 11.2 Å². The normalized spacial score (nSPS) is 21.2. The molecule has 0 aromatic heterocycles. The molecule has 0 spiro atoms. The Morgan fingerprint density at radius 1 is 0.917 bits per heavy atom. The van der Waals surface area contributed by atoms with Crippen molar-refractivity contribution in [3.63, 3.8) is 0 Å². The lowest BCUT2D eigenvalue weighted by Crippen LogP contribution is -2.57. The number of amides is 3. The zero-order valence-corrected chi connectivity index (χ0v) is 28.0. The minimum atomic E-state index is -3.89. The molecule has 3 amide bonds. The predicted octanol–water partition coefficient (Wildman–Crippen LogP) is 2.72. The van der Waals surface area contributed by atoms with Crippen LogP contribution in [0.4, 0.5) is 0 Å². The van der Waals surface area contributed by atoms with Crippen molar-refractivity contribution in [1.29, 1.82) is 0 Å². The standard InChI is InChI=1S/C36H44N6O5S/c1-48(46,47)42(32(23-26-12-5-2-6-13-26)36(45)40-20-11-18-31(40)34(37)43)25-27-19-21-41(38)30(22-27)24-39-35(44)33(28-14-7-3-8-15-28)29-16-9-4-10-17-29/h2-10,12-17,24,27,30-33H,11,18-23,25,38H2,1H3,(H2,37,43)/t27?,30?,31-,32+/m0/s1. The highest BCUT2D eigenvalue weighted by atomic mass is 32.2. The number of hydrogen-bond donors (Lipinski definition) is 2. The molecule has 0 aliphatic carbocycles. The fourth-order valence-electron chi connectivity index (χ4n) is 6.82. The SMILES string of the molecule is CS(=O)(=O)N(CC1CCN(N)C(C=NC(=O)C(c2ccccc2)c2ccccc2)C1)[C@H](Cc1ccccc1)C(=O)N1CCC[C@H]1C(N)=O. The molecular weight excluding hydrogens is 629 g/mol. The first-order valence-electron chi connectivity index (χ1n) is 16.3. The molecule has 2 aliphatic heterocycles. The summed E-state index contributed by atoms with van der Waals surface area (Å²) in [7, 11) is -3.89. The van der Waals surface area contributed by atoms with E-state index in [0.717, 1.165) is 22.9 Å². The number of carbonyl (C=O) groups is 3. The van der Waals surface area contributed by atoms with Crippen LogP contribution in [0.2, 0.25) is 0 Å². The number of hydrazine groups is 1. The van der Waals surface area contributed by atoms with Crippen LogP contribution in [0, 0.1) is 5.92 Å². The van der Waals surface area contributed by atoms with E-state index in [9.17, 15) is 22.8 Å². The number of carbonyl (C=O) groups excluding carboxylic acids is 3. The van der Waals surface area contributed by atoms with Crippen molar-refractivity contribution in [2.75, 3.05) is 25.9 Å². The van der Waals surface area contributed by atoms with Crippen LogP contribution < -0.4 is 11.6 Å². The van der Waals surface area contributed by atoms with E-state index in [-0.39, 0.29) is 24.8 Å². The number of sulfonamides is 1. The number of nitrogens with two attached hydrogens (primary N) is 2. The van der Waals surface area contributed by atoms with Crippen molar-refractivity contribution < 1.29 is 22.8 Å². The van der Waals surface area contributed by atoms with Gasteiger partial charge in [0.25, 0.3) is 5.91 Å². The largest absolute Gasteiger partial charge is 0.368 e. The van der Waals surface area contributed by atoms with E-state index in [2.05, 4.69) is 4.99 Å². The van der Waals surface area contributed by atoms with Crippen molar-refractivity contribution in [1.82, 2.24) is 14.2 Å². The zero-order chi connectivity index (χ0) is 34.3. The van der Waals surface area contributed by atoms with Gasteiger partial charge in [0.05, 0.1) is 18.2 Å². The first kappa shape index (κ1) is 35.1. The number of primary amides is 1. The maximum Gasteiger partial charge on any atom is 0.257 e. The van der Waals surface area contributed by atoms with Crippen LogP contribution in [0.3, 0.4) is 0 Å². The number of nitrogens with zero attached hydrogens (tertiary/aromatic N) is 4. The Kier molecular flexibility index (Phi) is 11.5. The van der Waals surface area contributed by atoms with E-state index < -0.39 is 45.9 Å². The van der Waals surface area contributed by atoms with Gasteiger partial charge in [-0.05, 0) is 54.7 Å². The molecule has 3 aromatic carbocycles. The van der Waals surface area contributed by atoms with Gasteiger partial charge in [-0.2, -0.15) is 4.31 Å². The average molecular weight is 673 g/mol. The molecular formula is C36H44N6O5S. The summed E-state index contributed by atoms with van der Waals surface area (Å²) in [5.74, 6) is 4.25. The number of benzene rings is 3. The number of aliphatic imine (C=N–C) groups is 1. The minimum Gasteiger partial charge on any atom is -0.368 e. The summed E-state index contributed by atoms with van der Waals surface area (Å²) in [4.78, 5) is 45.7. The third kappa shape index (κ3) is 8.62. The Balaban J connectivity index is 1.38. The van der Waals surface area contributed by atoms with E-state index >= 15 is 0 Å². The van der Waals surface area contributed by atoms with Gasteiger partial charge in [-0.15, -0.1) is 0 Å². The second kappa shape index (κ2) is 15.8. The Morgan fingerprint density at radius 2 is 1.50 bits per heavy atom. The molecule has 11 nitrogen and oxygen atoms in total. The Morgan fingerprint density at radius 3 is 2.06 bits per heavy atom. The van der Waals surface area contributed by atoms with Gasteiger partial charge in [0.1, 0.15) is 12.1 Å². The van der Waals surface area contributed by atoms with Gasteiger partial charge >= 0.3 is 0 Å². The van der Waals surface area contributed by atoms with Crippen molar-refractivity contribution >= 4 is 34.0 Å². The highest BCUT2D eigenvalue weighted by Crippen LogP contribution is 2.29. The molecule has 48 heavy (non-hydrogen) atoms. The third-order valence-corrected chi connectivity index (χ3v) is 10.6. The van der Waals surface area contributed by atoms with Crippen LogP contribution in [-0.4, -0.2) is 90.6 Å². The van der Waals surface area contributed by atoms with Crippen molar-refractivity contribution in [2.24, 2.45) is 22.5 Å². The lowest BCUT2D eigenvalue weighted by Gasteiger charge is -2.39. The Hall–Kier alpha value is -4.23. The van der Waals surface area contributed by atoms with Gasteiger partial charge in [0, 0.05) is 25.8 Å². The van der Waals surface area contributed by atoms with Crippen LogP contribution in [0.1, 0.15) is 48.3 Å². The molecule has 0 radical (unpaired) electrons. The molecule has 12 heteroatoms. The molecule has 5 rings (SSSR count). The van der Waals surface area contributed by atoms with Crippen LogP contribution in [0.5, 0.6) is 0 Å². The van der Waals surface area contributed by atoms with E-state index in [0.29, 0.717) is 38.8 Å². The molecule has 2 saturated heterocycles. The fourth-order valence-corrected chi connectivity index (χ4v) is 7.93. The van der Waals surface area contributed by atoms with Crippen LogP contribution >= 0.6 is 0 Å². The number of rotatable bonds is 12. The molecule has 0 bridgehead atoms. The molecule has 3 aromatic rings. The summed E-state index contributed by atoms with van der Waals surface area (Å²) in [6.45, 7) is 0.849. The van der Waals surface area contributed by atoms with Gasteiger partial charge in [-0.25, -0.2) is 18.4 Å². The lowest BCUT2D eigenvalue weighted by atomic mass is 9.90. The predicted molar refractivity (Wildman–Crippen MR) is 185 cm³/mol. The molecule has 0 saturated carbocycles. The smallest absolute Gasteiger partial charge is 0.257 e. The van der Waals surface area contributed by atoms with Gasteiger partial charge in [-0.1, -0.05) is 91.0 Å². The second-order valence-corrected chi connectivity index (χ2v) is 14.6. The molecule has 2 aliphatic rings. The maximum absolute atomic E-state index is 14.1. The highest BCUT2D eigenvalue weighted by molar-refractivity contribution is 7.88. The van der Waals surface area contributed by atoms with Gasteiger partial charge in [-0.3, -0.25) is 20.2 Å². The lowest BCUT2D eigenvalue weighted by molar-refractivity contribution is -0.140. The van der Waals surface area contributed by atoms with E-state index in [1.807, 2.05) is 91.0 Å². The fraction of sp³-hybridized carbons (Fsp3) is 0.389. The summed E-state index contributed by atoms with van der Waals surface area (Å²) >= 11 is 0. The van der Waals surface area contributed by atoms with Crippen molar-refractivity contribution in [2.45, 2.75) is 56.1 Å². The summed E-state index contributed by atoms with van der Waals surface area (Å²) in [5, 5.41) is 1.62. The molecule has 254 valence electrons. The third-order valence-electron chi connectivity index (χ3n) is 9.32. The first-order chi connectivity index (χ1) is 23.0. The summed E-state index contributed by atoms with van der Waals surface area (Å²) in [6.07, 6.45) is 4.88. The summed E-state index contributed by atoms with van der Waals surface area (Å²) in [5.41, 5.74) is 8.08. The molecule has 2 fully saturated rings. The highest BCUT2D eigenvalue weighted by Gasteiger charge is 2.42. The van der Waals surface area contributed by atoms with Gasteiger partial charge in [0.15, 0.2) is 0 Å². The molecule has 2 heterocycles. The maximum atomic E-state index is 14.1. The quantitative estimate of drug-likeness (QED) is 0.221. The van der Waals surface area contributed by atoms with E-state index in [1.165, 1.54) is 9.21 Å². The van der Waals surface area contributed by atoms with Gasteiger partial charge in [0.2, 0.25) is 21.8 Å². The number of hydrogen-bond acceptors (Lipinski definition) is 7. The summed E-state index contributed by atoms with van der Waals surface area (Å²) < 4.78 is 28.1. The summed E-state index contributed by atoms with van der Waals surface area (Å²) in [6, 6.07) is 25.9. The van der Waals surface area contributed by atoms with Crippen LogP contribution in [-0.2, 0) is 30.8 Å². The van der Waals surface area contributed by atoms with Crippen molar-refractivity contribution in [3.05, 3.63) is 108 Å². The average Bonchev–Trinajstić information content (AvgIpc) is 3.58. The first-order valence-corrected chi connectivity index (χ1v) is 18.2. The van der Waals surface area contributed by atoms with E-state index in [4.69, 9.17) is 11.6 Å². The topological polar surface area (TPSA) is 159 Å². The van der Waals surface area contributed by atoms with Gasteiger partial charge < -0.3 is 10.6 Å². The van der Waals surface area contributed by atoms with Crippen LogP contribution in [0.25, 0.3) is 0 Å². The second-order valence-electron chi connectivity index (χ2n) is 12.7. The number of piperidine rings is 1. The van der Waals surface area contributed by atoms with Crippen molar-refractivity contribution in [3.8, 4) is 0 Å². The minimum absolute atomic E-state index is 0.0694. The zero-order valence-electron chi connectivity index (χ0n) is 27.2.